The summed E-state index contributed by atoms with van der Waals surface area (Å²) in [6, 6.07) is 0. The summed E-state index contributed by atoms with van der Waals surface area (Å²) in [6.45, 7) is 4.26. The molecule has 70 valence electrons. The SMILES string of the molecule is CCC1CCC2(CC1)NCCO2. The molecule has 1 spiro atoms. The van der Waals surface area contributed by atoms with Crippen LogP contribution < -0.4 is 5.32 Å². The quantitative estimate of drug-likeness (QED) is 0.647. The van der Waals surface area contributed by atoms with Crippen LogP contribution in [0.25, 0.3) is 0 Å². The van der Waals surface area contributed by atoms with Gasteiger partial charge in [0.25, 0.3) is 0 Å². The second-order valence-corrected chi connectivity index (χ2v) is 4.12. The Kier molecular flexibility index (Phi) is 2.37. The topological polar surface area (TPSA) is 21.3 Å². The third-order valence-corrected chi connectivity index (χ3v) is 3.42. The molecule has 1 aliphatic carbocycles. The Labute approximate surface area is 74.7 Å². The van der Waals surface area contributed by atoms with E-state index in [-0.39, 0.29) is 5.72 Å². The molecule has 1 aliphatic heterocycles. The van der Waals surface area contributed by atoms with Gasteiger partial charge in [0.2, 0.25) is 0 Å². The molecule has 2 heteroatoms. The molecule has 2 aliphatic rings. The summed E-state index contributed by atoms with van der Waals surface area (Å²) in [7, 11) is 0. The highest BCUT2D eigenvalue weighted by Gasteiger charge is 2.37. The molecule has 1 heterocycles. The summed E-state index contributed by atoms with van der Waals surface area (Å²) in [6.07, 6.45) is 6.50. The summed E-state index contributed by atoms with van der Waals surface area (Å²) in [5.41, 5.74) is 0.103. The van der Waals surface area contributed by atoms with E-state index in [1.807, 2.05) is 0 Å². The summed E-state index contributed by atoms with van der Waals surface area (Å²) in [5, 5.41) is 3.49. The van der Waals surface area contributed by atoms with Crippen LogP contribution in [0.4, 0.5) is 0 Å². The molecule has 0 atom stereocenters. The lowest BCUT2D eigenvalue weighted by molar-refractivity contribution is -0.0486. The summed E-state index contributed by atoms with van der Waals surface area (Å²) in [4.78, 5) is 0. The highest BCUT2D eigenvalue weighted by molar-refractivity contribution is 4.87. The van der Waals surface area contributed by atoms with Crippen LogP contribution in [0.3, 0.4) is 0 Å². The standard InChI is InChI=1S/C10H19NO/c1-2-9-3-5-10(6-4-9)11-7-8-12-10/h9,11H,2-8H2,1H3. The van der Waals surface area contributed by atoms with E-state index < -0.39 is 0 Å². The van der Waals surface area contributed by atoms with Gasteiger partial charge < -0.3 is 4.74 Å². The van der Waals surface area contributed by atoms with Crippen molar-refractivity contribution in [2.24, 2.45) is 5.92 Å². The molecule has 0 bridgehead atoms. The normalized spacial score (nSPS) is 42.2. The van der Waals surface area contributed by atoms with Gasteiger partial charge in [-0.25, -0.2) is 0 Å². The van der Waals surface area contributed by atoms with Crippen LogP contribution in [-0.2, 0) is 4.74 Å². The number of nitrogens with one attached hydrogen (secondary N) is 1. The molecular formula is C10H19NO. The van der Waals surface area contributed by atoms with E-state index in [1.54, 1.807) is 0 Å². The lowest BCUT2D eigenvalue weighted by Gasteiger charge is -2.36. The fourth-order valence-corrected chi connectivity index (χ4v) is 2.45. The van der Waals surface area contributed by atoms with Crippen LogP contribution in [0, 0.1) is 5.92 Å². The second kappa shape index (κ2) is 3.35. The van der Waals surface area contributed by atoms with E-state index in [4.69, 9.17) is 4.74 Å². The molecule has 2 nitrogen and oxygen atoms in total. The fourth-order valence-electron chi connectivity index (χ4n) is 2.45. The van der Waals surface area contributed by atoms with Gasteiger partial charge in [-0.3, -0.25) is 5.32 Å². The molecule has 0 radical (unpaired) electrons. The third-order valence-electron chi connectivity index (χ3n) is 3.42. The maximum absolute atomic E-state index is 5.76. The molecule has 0 amide bonds. The van der Waals surface area contributed by atoms with E-state index in [9.17, 15) is 0 Å². The Morgan fingerprint density at radius 3 is 2.67 bits per heavy atom. The van der Waals surface area contributed by atoms with Crippen molar-refractivity contribution in [3.63, 3.8) is 0 Å². The van der Waals surface area contributed by atoms with Gasteiger partial charge in [-0.1, -0.05) is 13.3 Å². The van der Waals surface area contributed by atoms with Crippen molar-refractivity contribution in [1.29, 1.82) is 0 Å². The van der Waals surface area contributed by atoms with Gasteiger partial charge in [0.1, 0.15) is 5.72 Å². The molecule has 1 saturated carbocycles. The van der Waals surface area contributed by atoms with Gasteiger partial charge in [0.05, 0.1) is 6.61 Å². The van der Waals surface area contributed by atoms with Crippen LogP contribution in [0.15, 0.2) is 0 Å². The van der Waals surface area contributed by atoms with Crippen molar-refractivity contribution in [3.8, 4) is 0 Å². The van der Waals surface area contributed by atoms with Crippen molar-refractivity contribution in [2.75, 3.05) is 13.2 Å². The second-order valence-electron chi connectivity index (χ2n) is 4.12. The predicted octanol–water partition coefficient (Wildman–Crippen LogP) is 1.90. The Hall–Kier alpha value is -0.0800. The van der Waals surface area contributed by atoms with E-state index in [1.165, 1.54) is 32.1 Å². The van der Waals surface area contributed by atoms with Crippen LogP contribution >= 0.6 is 0 Å². The maximum Gasteiger partial charge on any atom is 0.119 e. The Morgan fingerprint density at radius 1 is 1.42 bits per heavy atom. The zero-order chi connectivity index (χ0) is 8.44. The summed E-state index contributed by atoms with van der Waals surface area (Å²) in [5.74, 6) is 0.960. The molecule has 0 aromatic carbocycles. The smallest absolute Gasteiger partial charge is 0.119 e. The number of hydrogen-bond acceptors (Lipinski definition) is 2. The van der Waals surface area contributed by atoms with Crippen molar-refractivity contribution in [3.05, 3.63) is 0 Å². The van der Waals surface area contributed by atoms with Gasteiger partial charge >= 0.3 is 0 Å². The minimum absolute atomic E-state index is 0.103. The molecule has 2 rings (SSSR count). The molecule has 1 saturated heterocycles. The van der Waals surface area contributed by atoms with Crippen LogP contribution in [0.5, 0.6) is 0 Å². The predicted molar refractivity (Wildman–Crippen MR) is 48.9 cm³/mol. The van der Waals surface area contributed by atoms with Crippen molar-refractivity contribution >= 4 is 0 Å². The first kappa shape index (κ1) is 8.52. The van der Waals surface area contributed by atoms with Gasteiger partial charge in [0.15, 0.2) is 0 Å². The Morgan fingerprint density at radius 2 is 2.17 bits per heavy atom. The third kappa shape index (κ3) is 1.50. The Bertz CT molecular complexity index is 142. The monoisotopic (exact) mass is 169 g/mol. The first-order chi connectivity index (χ1) is 5.85. The van der Waals surface area contributed by atoms with Crippen LogP contribution in [0.2, 0.25) is 0 Å². The molecule has 1 N–H and O–H groups in total. The Balaban J connectivity index is 1.88. The average Bonchev–Trinajstić information content (AvgIpc) is 2.55. The molecule has 2 fully saturated rings. The highest BCUT2D eigenvalue weighted by atomic mass is 16.5. The van der Waals surface area contributed by atoms with Gasteiger partial charge in [-0.05, 0) is 31.6 Å². The van der Waals surface area contributed by atoms with Crippen molar-refractivity contribution in [2.45, 2.75) is 44.8 Å². The summed E-state index contributed by atoms with van der Waals surface area (Å²) >= 11 is 0. The number of rotatable bonds is 1. The zero-order valence-corrected chi connectivity index (χ0v) is 7.94. The maximum atomic E-state index is 5.76. The minimum atomic E-state index is 0.103. The lowest BCUT2D eigenvalue weighted by Crippen LogP contribution is -2.44. The number of ether oxygens (including phenoxy) is 1. The van der Waals surface area contributed by atoms with E-state index in [0.29, 0.717) is 0 Å². The van der Waals surface area contributed by atoms with Crippen molar-refractivity contribution in [1.82, 2.24) is 5.32 Å². The van der Waals surface area contributed by atoms with E-state index in [0.717, 1.165) is 19.1 Å². The molecule has 0 aromatic rings. The van der Waals surface area contributed by atoms with Crippen LogP contribution in [-0.4, -0.2) is 18.9 Å². The summed E-state index contributed by atoms with van der Waals surface area (Å²) < 4.78 is 5.76. The van der Waals surface area contributed by atoms with E-state index in [2.05, 4.69) is 12.2 Å². The minimum Gasteiger partial charge on any atom is -0.359 e. The van der Waals surface area contributed by atoms with Crippen LogP contribution in [0.1, 0.15) is 39.0 Å². The van der Waals surface area contributed by atoms with Gasteiger partial charge in [-0.15, -0.1) is 0 Å². The van der Waals surface area contributed by atoms with Gasteiger partial charge in [0, 0.05) is 6.54 Å². The fraction of sp³-hybridized carbons (Fsp3) is 1.00. The van der Waals surface area contributed by atoms with E-state index >= 15 is 0 Å². The average molecular weight is 169 g/mol. The molecule has 0 unspecified atom stereocenters. The highest BCUT2D eigenvalue weighted by Crippen LogP contribution is 2.35. The zero-order valence-electron chi connectivity index (χ0n) is 7.94. The first-order valence-corrected chi connectivity index (χ1v) is 5.24. The molecular weight excluding hydrogens is 150 g/mol. The number of hydrogen-bond donors (Lipinski definition) is 1. The largest absolute Gasteiger partial charge is 0.359 e. The van der Waals surface area contributed by atoms with Gasteiger partial charge in [-0.2, -0.15) is 0 Å². The lowest BCUT2D eigenvalue weighted by atomic mass is 9.82. The van der Waals surface area contributed by atoms with Crippen molar-refractivity contribution < 1.29 is 4.74 Å². The first-order valence-electron chi connectivity index (χ1n) is 5.24. The molecule has 12 heavy (non-hydrogen) atoms. The molecule has 0 aromatic heterocycles.